The molecule has 1 saturated heterocycles. The van der Waals surface area contributed by atoms with Crippen LogP contribution in [0.5, 0.6) is 11.5 Å². The molecule has 0 saturated carbocycles. The number of hydrogen-bond donors (Lipinski definition) is 1. The Morgan fingerprint density at radius 2 is 2.04 bits per heavy atom. The first-order valence-corrected chi connectivity index (χ1v) is 9.03. The zero-order chi connectivity index (χ0) is 18.4. The Balaban J connectivity index is 2.48. The maximum absolute atomic E-state index is 13.3. The maximum atomic E-state index is 13.3. The molecule has 0 radical (unpaired) electrons. The number of benzene rings is 1. The van der Waals surface area contributed by atoms with Gasteiger partial charge in [0.15, 0.2) is 0 Å². The van der Waals surface area contributed by atoms with Gasteiger partial charge in [-0.3, -0.25) is 9.69 Å². The van der Waals surface area contributed by atoms with E-state index in [-0.39, 0.29) is 11.9 Å². The Labute approximate surface area is 151 Å². The fraction of sp³-hybridized carbons (Fsp3) is 0.632. The number of amides is 1. The van der Waals surface area contributed by atoms with Gasteiger partial charge in [0.1, 0.15) is 17.5 Å². The van der Waals surface area contributed by atoms with E-state index >= 15 is 0 Å². The van der Waals surface area contributed by atoms with Crippen LogP contribution in [0.1, 0.15) is 32.4 Å². The zero-order valence-corrected chi connectivity index (χ0v) is 16.0. The summed E-state index contributed by atoms with van der Waals surface area (Å²) in [6, 6.07) is 5.65. The minimum absolute atomic E-state index is 0.116. The number of ether oxygens (including phenoxy) is 2. The minimum atomic E-state index is -0.366. The molecule has 2 unspecified atom stereocenters. The van der Waals surface area contributed by atoms with E-state index in [1.54, 1.807) is 14.2 Å². The molecular formula is C19H31N3O3. The number of rotatable bonds is 7. The highest BCUT2D eigenvalue weighted by Gasteiger charge is 2.34. The van der Waals surface area contributed by atoms with E-state index in [0.717, 1.165) is 36.7 Å². The smallest absolute Gasteiger partial charge is 0.244 e. The molecule has 1 fully saturated rings. The molecule has 1 aromatic rings. The van der Waals surface area contributed by atoms with Crippen LogP contribution in [0.4, 0.5) is 0 Å². The summed E-state index contributed by atoms with van der Waals surface area (Å²) in [5, 5.41) is 3.44. The van der Waals surface area contributed by atoms with Crippen molar-refractivity contribution in [1.29, 1.82) is 0 Å². The van der Waals surface area contributed by atoms with E-state index in [9.17, 15) is 4.79 Å². The van der Waals surface area contributed by atoms with Crippen molar-refractivity contribution in [2.45, 2.75) is 32.9 Å². The summed E-state index contributed by atoms with van der Waals surface area (Å²) in [7, 11) is 3.28. The fourth-order valence-corrected chi connectivity index (χ4v) is 3.44. The first-order valence-electron chi connectivity index (χ1n) is 9.03. The summed E-state index contributed by atoms with van der Waals surface area (Å²) in [5.41, 5.74) is 0.868. The molecule has 0 aliphatic carbocycles. The molecule has 1 amide bonds. The Kier molecular flexibility index (Phi) is 7.08. The van der Waals surface area contributed by atoms with E-state index in [1.807, 2.05) is 36.9 Å². The van der Waals surface area contributed by atoms with Crippen LogP contribution in [-0.4, -0.2) is 68.7 Å². The highest BCUT2D eigenvalue weighted by molar-refractivity contribution is 5.84. The number of nitrogens with one attached hydrogen (secondary N) is 1. The van der Waals surface area contributed by atoms with Crippen LogP contribution in [0.2, 0.25) is 0 Å². The number of methoxy groups -OCH3 is 2. The molecule has 0 bridgehead atoms. The van der Waals surface area contributed by atoms with Crippen molar-refractivity contribution in [1.82, 2.24) is 15.1 Å². The average molecular weight is 349 g/mol. The van der Waals surface area contributed by atoms with Gasteiger partial charge in [-0.2, -0.15) is 0 Å². The van der Waals surface area contributed by atoms with Gasteiger partial charge in [0.05, 0.1) is 14.2 Å². The van der Waals surface area contributed by atoms with Crippen molar-refractivity contribution in [3.8, 4) is 11.5 Å². The third-order valence-electron chi connectivity index (χ3n) is 4.81. The molecule has 2 atom stereocenters. The number of hydrogen-bond acceptors (Lipinski definition) is 5. The van der Waals surface area contributed by atoms with Crippen molar-refractivity contribution >= 4 is 5.91 Å². The van der Waals surface area contributed by atoms with Gasteiger partial charge >= 0.3 is 0 Å². The van der Waals surface area contributed by atoms with Gasteiger partial charge in [0.25, 0.3) is 0 Å². The number of carbonyl (C=O) groups excluding carboxylic acids is 1. The predicted octanol–water partition coefficient (Wildman–Crippen LogP) is 1.91. The van der Waals surface area contributed by atoms with Gasteiger partial charge in [0.2, 0.25) is 5.91 Å². The Morgan fingerprint density at radius 3 is 2.60 bits per heavy atom. The average Bonchev–Trinajstić information content (AvgIpc) is 2.63. The molecule has 2 rings (SSSR count). The molecule has 25 heavy (non-hydrogen) atoms. The standard InChI is InChI=1S/C19H31N3O3/c1-6-21(7-2)19(23)18(22-11-10-20-14(3)13-22)16-12-15(24-4)8-9-17(16)25-5/h8-9,12,14,18,20H,6-7,10-11,13H2,1-5H3. The quantitative estimate of drug-likeness (QED) is 0.815. The Bertz CT molecular complexity index is 575. The molecule has 1 heterocycles. The van der Waals surface area contributed by atoms with Crippen LogP contribution in [0, 0.1) is 0 Å². The summed E-state index contributed by atoms with van der Waals surface area (Å²) in [6.07, 6.45) is 0. The van der Waals surface area contributed by atoms with E-state index in [4.69, 9.17) is 9.47 Å². The first-order chi connectivity index (χ1) is 12.0. The summed E-state index contributed by atoms with van der Waals surface area (Å²) < 4.78 is 11.0. The summed E-state index contributed by atoms with van der Waals surface area (Å²) in [4.78, 5) is 17.5. The third kappa shape index (κ3) is 4.44. The predicted molar refractivity (Wildman–Crippen MR) is 99.3 cm³/mol. The minimum Gasteiger partial charge on any atom is -0.497 e. The molecule has 0 aromatic heterocycles. The molecular weight excluding hydrogens is 318 g/mol. The highest BCUT2D eigenvalue weighted by Crippen LogP contribution is 2.34. The zero-order valence-electron chi connectivity index (χ0n) is 16.0. The number of piperazine rings is 1. The van der Waals surface area contributed by atoms with E-state index in [2.05, 4.69) is 17.1 Å². The molecule has 1 aromatic carbocycles. The number of carbonyl (C=O) groups is 1. The molecule has 0 spiro atoms. The van der Waals surface area contributed by atoms with E-state index in [0.29, 0.717) is 19.1 Å². The number of nitrogens with zero attached hydrogens (tertiary/aromatic N) is 2. The summed E-state index contributed by atoms with van der Waals surface area (Å²) in [6.45, 7) is 10.1. The van der Waals surface area contributed by atoms with Crippen molar-refractivity contribution in [2.75, 3.05) is 46.9 Å². The lowest BCUT2D eigenvalue weighted by molar-refractivity contribution is -0.137. The second kappa shape index (κ2) is 9.06. The van der Waals surface area contributed by atoms with Crippen molar-refractivity contribution < 1.29 is 14.3 Å². The van der Waals surface area contributed by atoms with Gasteiger partial charge in [-0.15, -0.1) is 0 Å². The van der Waals surface area contributed by atoms with Crippen LogP contribution >= 0.6 is 0 Å². The second-order valence-corrected chi connectivity index (χ2v) is 6.37. The molecule has 1 N–H and O–H groups in total. The van der Waals surface area contributed by atoms with Gasteiger partial charge in [-0.1, -0.05) is 0 Å². The molecule has 140 valence electrons. The van der Waals surface area contributed by atoms with Crippen molar-refractivity contribution in [3.05, 3.63) is 23.8 Å². The fourth-order valence-electron chi connectivity index (χ4n) is 3.44. The SMILES string of the molecule is CCN(CC)C(=O)C(c1cc(OC)ccc1OC)N1CCNC(C)C1. The van der Waals surface area contributed by atoms with E-state index < -0.39 is 0 Å². The lowest BCUT2D eigenvalue weighted by atomic mass is 10.00. The van der Waals surface area contributed by atoms with Crippen LogP contribution in [0.15, 0.2) is 18.2 Å². The normalized spacial score (nSPS) is 19.3. The lowest BCUT2D eigenvalue weighted by Crippen LogP contribution is -2.53. The monoisotopic (exact) mass is 349 g/mol. The maximum Gasteiger partial charge on any atom is 0.244 e. The van der Waals surface area contributed by atoms with Gasteiger partial charge < -0.3 is 19.7 Å². The summed E-state index contributed by atoms with van der Waals surface area (Å²) in [5.74, 6) is 1.57. The Morgan fingerprint density at radius 1 is 1.32 bits per heavy atom. The van der Waals surface area contributed by atoms with Crippen LogP contribution in [0.25, 0.3) is 0 Å². The van der Waals surface area contributed by atoms with Crippen LogP contribution < -0.4 is 14.8 Å². The second-order valence-electron chi connectivity index (χ2n) is 6.37. The van der Waals surface area contributed by atoms with Gasteiger partial charge in [-0.25, -0.2) is 0 Å². The summed E-state index contributed by atoms with van der Waals surface area (Å²) >= 11 is 0. The van der Waals surface area contributed by atoms with Crippen molar-refractivity contribution in [2.24, 2.45) is 0 Å². The molecule has 6 heteroatoms. The topological polar surface area (TPSA) is 54.0 Å². The molecule has 1 aliphatic heterocycles. The highest BCUT2D eigenvalue weighted by atomic mass is 16.5. The van der Waals surface area contributed by atoms with Crippen LogP contribution in [0.3, 0.4) is 0 Å². The van der Waals surface area contributed by atoms with Gasteiger partial charge in [0, 0.05) is 44.3 Å². The first kappa shape index (κ1) is 19.5. The lowest BCUT2D eigenvalue weighted by Gasteiger charge is -2.39. The van der Waals surface area contributed by atoms with Gasteiger partial charge in [-0.05, 0) is 39.0 Å². The van der Waals surface area contributed by atoms with E-state index in [1.165, 1.54) is 0 Å². The van der Waals surface area contributed by atoms with Crippen LogP contribution in [-0.2, 0) is 4.79 Å². The van der Waals surface area contributed by atoms with Crippen molar-refractivity contribution in [3.63, 3.8) is 0 Å². The molecule has 6 nitrogen and oxygen atoms in total. The largest absolute Gasteiger partial charge is 0.497 e. The molecule has 1 aliphatic rings. The third-order valence-corrected chi connectivity index (χ3v) is 4.81. The Hall–Kier alpha value is -1.79. The number of likely N-dealkylation sites (N-methyl/N-ethyl adjacent to an activating group) is 1.